The highest BCUT2D eigenvalue weighted by Crippen LogP contribution is 2.33. The minimum Gasteiger partial charge on any atom is -0.481 e. The average molecular weight is 257 g/mol. The van der Waals surface area contributed by atoms with Crippen LogP contribution in [0.25, 0.3) is 0 Å². The predicted octanol–water partition coefficient (Wildman–Crippen LogP) is 3.23. The number of nitrogens with zero attached hydrogens (tertiary/aromatic N) is 1. The van der Waals surface area contributed by atoms with Crippen LogP contribution in [-0.2, 0) is 0 Å². The first-order chi connectivity index (χ1) is 7.74. The van der Waals surface area contributed by atoms with Crippen molar-refractivity contribution in [1.82, 2.24) is 4.98 Å². The Labute approximate surface area is 93.2 Å². The van der Waals surface area contributed by atoms with E-state index in [1.165, 1.54) is 0 Å². The van der Waals surface area contributed by atoms with Gasteiger partial charge in [0, 0.05) is 17.2 Å². The lowest BCUT2D eigenvalue weighted by atomic mass is 10.1. The van der Waals surface area contributed by atoms with E-state index in [9.17, 15) is 22.0 Å². The van der Waals surface area contributed by atoms with Crippen LogP contribution in [0.15, 0.2) is 6.07 Å². The maximum absolute atomic E-state index is 12.5. The fourth-order valence-electron chi connectivity index (χ4n) is 1.12. The molecular weight excluding hydrogens is 249 g/mol. The number of methoxy groups -OCH3 is 1. The molecule has 0 radical (unpaired) electrons. The fourth-order valence-corrected chi connectivity index (χ4v) is 1.12. The second kappa shape index (κ2) is 4.72. The molecule has 3 nitrogen and oxygen atoms in total. The Kier molecular flexibility index (Phi) is 3.74. The standard InChI is InChI=1S/C9H8F5NO2/c1-4-5(7(10)11)3-6(16-2)15-8(4)17-9(12,13)14/h3,7H,1-2H3. The molecule has 0 aromatic carbocycles. The molecule has 1 rings (SSSR count). The smallest absolute Gasteiger partial charge is 0.481 e. The maximum atomic E-state index is 12.5. The van der Waals surface area contributed by atoms with Crippen LogP contribution in [0.1, 0.15) is 17.6 Å². The normalized spacial score (nSPS) is 11.8. The van der Waals surface area contributed by atoms with Crippen LogP contribution in [-0.4, -0.2) is 18.5 Å². The summed E-state index contributed by atoms with van der Waals surface area (Å²) in [6, 6.07) is 0.864. The van der Waals surface area contributed by atoms with Crippen molar-refractivity contribution in [2.75, 3.05) is 7.11 Å². The lowest BCUT2D eigenvalue weighted by molar-refractivity contribution is -0.276. The van der Waals surface area contributed by atoms with Gasteiger partial charge in [0.25, 0.3) is 6.43 Å². The summed E-state index contributed by atoms with van der Waals surface area (Å²) in [5.41, 5.74) is -0.991. The first-order valence-corrected chi connectivity index (χ1v) is 4.34. The van der Waals surface area contributed by atoms with Gasteiger partial charge in [-0.1, -0.05) is 0 Å². The van der Waals surface area contributed by atoms with Crippen molar-refractivity contribution in [3.05, 3.63) is 17.2 Å². The van der Waals surface area contributed by atoms with Crippen molar-refractivity contribution < 1.29 is 31.4 Å². The van der Waals surface area contributed by atoms with Crippen LogP contribution in [0.3, 0.4) is 0 Å². The van der Waals surface area contributed by atoms with Crippen LogP contribution in [0.4, 0.5) is 22.0 Å². The molecule has 0 aliphatic rings. The molecule has 0 saturated carbocycles. The van der Waals surface area contributed by atoms with E-state index < -0.39 is 24.2 Å². The Bertz CT molecular complexity index is 405. The zero-order valence-corrected chi connectivity index (χ0v) is 8.81. The highest BCUT2D eigenvalue weighted by atomic mass is 19.4. The van der Waals surface area contributed by atoms with Crippen LogP contribution < -0.4 is 9.47 Å². The molecule has 0 N–H and O–H groups in total. The number of pyridine rings is 1. The maximum Gasteiger partial charge on any atom is 0.574 e. The van der Waals surface area contributed by atoms with Gasteiger partial charge in [-0.2, -0.15) is 4.98 Å². The molecule has 0 aliphatic heterocycles. The van der Waals surface area contributed by atoms with Crippen molar-refractivity contribution >= 4 is 0 Å². The molecule has 17 heavy (non-hydrogen) atoms. The molecule has 96 valence electrons. The Morgan fingerprint density at radius 3 is 2.29 bits per heavy atom. The molecule has 8 heteroatoms. The number of aromatic nitrogens is 1. The van der Waals surface area contributed by atoms with Crippen LogP contribution in [0.5, 0.6) is 11.8 Å². The number of rotatable bonds is 3. The quantitative estimate of drug-likeness (QED) is 0.779. The molecule has 0 atom stereocenters. The summed E-state index contributed by atoms with van der Waals surface area (Å²) >= 11 is 0. The Morgan fingerprint density at radius 2 is 1.88 bits per heavy atom. The molecule has 0 saturated heterocycles. The van der Waals surface area contributed by atoms with E-state index in [4.69, 9.17) is 0 Å². The van der Waals surface area contributed by atoms with E-state index in [-0.39, 0.29) is 11.4 Å². The molecule has 0 fully saturated rings. The number of ether oxygens (including phenoxy) is 2. The molecule has 0 amide bonds. The summed E-state index contributed by atoms with van der Waals surface area (Å²) in [5, 5.41) is 0. The molecule has 0 bridgehead atoms. The van der Waals surface area contributed by atoms with Crippen molar-refractivity contribution in [3.63, 3.8) is 0 Å². The SMILES string of the molecule is COc1cc(C(F)F)c(C)c(OC(F)(F)F)n1. The minimum atomic E-state index is -5.00. The Hall–Kier alpha value is -1.60. The van der Waals surface area contributed by atoms with Gasteiger partial charge in [0.15, 0.2) is 0 Å². The van der Waals surface area contributed by atoms with Gasteiger partial charge in [0.2, 0.25) is 11.8 Å². The molecule has 0 spiro atoms. The van der Waals surface area contributed by atoms with Gasteiger partial charge >= 0.3 is 6.36 Å². The zero-order chi connectivity index (χ0) is 13.2. The first-order valence-electron chi connectivity index (χ1n) is 4.34. The summed E-state index contributed by atoms with van der Waals surface area (Å²) < 4.78 is 69.1. The summed E-state index contributed by atoms with van der Waals surface area (Å²) in [5.74, 6) is -1.31. The number of hydrogen-bond donors (Lipinski definition) is 0. The highest BCUT2D eigenvalue weighted by Gasteiger charge is 2.33. The largest absolute Gasteiger partial charge is 0.574 e. The predicted molar refractivity (Wildman–Crippen MR) is 47.2 cm³/mol. The summed E-state index contributed by atoms with van der Waals surface area (Å²) in [6.07, 6.45) is -7.94. The molecule has 0 aliphatic carbocycles. The fraction of sp³-hybridized carbons (Fsp3) is 0.444. The lowest BCUT2D eigenvalue weighted by Crippen LogP contribution is -2.19. The van der Waals surface area contributed by atoms with Gasteiger partial charge in [-0.3, -0.25) is 0 Å². The van der Waals surface area contributed by atoms with Crippen LogP contribution in [0.2, 0.25) is 0 Å². The lowest BCUT2D eigenvalue weighted by Gasteiger charge is -2.14. The van der Waals surface area contributed by atoms with Gasteiger partial charge in [0.05, 0.1) is 7.11 Å². The molecule has 1 aromatic rings. The third-order valence-electron chi connectivity index (χ3n) is 1.90. The number of hydrogen-bond acceptors (Lipinski definition) is 3. The number of alkyl halides is 5. The topological polar surface area (TPSA) is 31.4 Å². The molecule has 1 heterocycles. The molecule has 1 aromatic heterocycles. The third-order valence-corrected chi connectivity index (χ3v) is 1.90. The molecular formula is C9H8F5NO2. The third kappa shape index (κ3) is 3.43. The Morgan fingerprint density at radius 1 is 1.29 bits per heavy atom. The summed E-state index contributed by atoms with van der Waals surface area (Å²) in [4.78, 5) is 3.32. The van der Waals surface area contributed by atoms with Crippen molar-refractivity contribution in [1.29, 1.82) is 0 Å². The van der Waals surface area contributed by atoms with E-state index in [1.54, 1.807) is 0 Å². The highest BCUT2D eigenvalue weighted by molar-refractivity contribution is 5.38. The van der Waals surface area contributed by atoms with E-state index >= 15 is 0 Å². The Balaban J connectivity index is 3.24. The van der Waals surface area contributed by atoms with Crippen LogP contribution in [0, 0.1) is 6.92 Å². The van der Waals surface area contributed by atoms with Gasteiger partial charge in [-0.05, 0) is 6.92 Å². The summed E-state index contributed by atoms with van der Waals surface area (Å²) in [6.45, 7) is 1.06. The van der Waals surface area contributed by atoms with E-state index in [1.807, 2.05) is 0 Å². The zero-order valence-electron chi connectivity index (χ0n) is 8.81. The van der Waals surface area contributed by atoms with Gasteiger partial charge in [-0.25, -0.2) is 8.78 Å². The van der Waals surface area contributed by atoms with Gasteiger partial charge in [0.1, 0.15) is 0 Å². The van der Waals surface area contributed by atoms with Crippen molar-refractivity contribution in [3.8, 4) is 11.8 Å². The van der Waals surface area contributed by atoms with E-state index in [0.29, 0.717) is 0 Å². The minimum absolute atomic E-state index is 0.370. The van der Waals surface area contributed by atoms with Gasteiger partial charge in [-0.15, -0.1) is 13.2 Å². The van der Waals surface area contributed by atoms with Crippen molar-refractivity contribution in [2.24, 2.45) is 0 Å². The van der Waals surface area contributed by atoms with E-state index in [0.717, 1.165) is 20.1 Å². The second-order valence-corrected chi connectivity index (χ2v) is 3.03. The van der Waals surface area contributed by atoms with Crippen LogP contribution >= 0.6 is 0 Å². The van der Waals surface area contributed by atoms with Gasteiger partial charge < -0.3 is 9.47 Å². The molecule has 0 unspecified atom stereocenters. The van der Waals surface area contributed by atoms with Crippen molar-refractivity contribution in [2.45, 2.75) is 19.7 Å². The first kappa shape index (κ1) is 13.5. The second-order valence-electron chi connectivity index (χ2n) is 3.03. The average Bonchev–Trinajstić information content (AvgIpc) is 2.18. The summed E-state index contributed by atoms with van der Waals surface area (Å²) in [7, 11) is 1.10. The number of halogens is 5. The monoisotopic (exact) mass is 257 g/mol. The van der Waals surface area contributed by atoms with E-state index in [2.05, 4.69) is 14.5 Å².